The zero-order valence-corrected chi connectivity index (χ0v) is 10.8. The van der Waals surface area contributed by atoms with E-state index in [0.717, 1.165) is 17.4 Å². The molecular weight excluding hydrogens is 282 g/mol. The Morgan fingerprint density at radius 1 is 1.45 bits per heavy atom. The summed E-state index contributed by atoms with van der Waals surface area (Å²) in [7, 11) is 0. The molecule has 1 amide bonds. The van der Waals surface area contributed by atoms with Gasteiger partial charge in [-0.3, -0.25) is 14.9 Å². The number of carboxylic acids is 1. The van der Waals surface area contributed by atoms with Gasteiger partial charge in [-0.05, 0) is 6.08 Å². The second-order valence-electron chi connectivity index (χ2n) is 3.62. The molecule has 2 heterocycles. The van der Waals surface area contributed by atoms with E-state index in [4.69, 9.17) is 5.11 Å². The minimum Gasteiger partial charge on any atom is -0.478 e. The Labute approximate surface area is 116 Å². The second kappa shape index (κ2) is 5.93. The molecular formula is C12H9N3O4S. The van der Waals surface area contributed by atoms with Gasteiger partial charge in [-0.15, -0.1) is 0 Å². The SMILES string of the molecule is O=C(O)/C=C/c1cnc(NC(=O)c2c[nH]ccc2=O)s1. The molecule has 0 radical (unpaired) electrons. The molecule has 0 unspecified atom stereocenters. The van der Waals surface area contributed by atoms with E-state index in [1.807, 2.05) is 0 Å². The average Bonchev–Trinajstić information content (AvgIpc) is 2.84. The zero-order chi connectivity index (χ0) is 14.5. The second-order valence-corrected chi connectivity index (χ2v) is 4.68. The summed E-state index contributed by atoms with van der Waals surface area (Å²) in [6.45, 7) is 0. The van der Waals surface area contributed by atoms with Gasteiger partial charge in [0, 0.05) is 35.6 Å². The first-order chi connectivity index (χ1) is 9.56. The third kappa shape index (κ3) is 3.39. The van der Waals surface area contributed by atoms with Crippen molar-refractivity contribution in [1.82, 2.24) is 9.97 Å². The highest BCUT2D eigenvalue weighted by Gasteiger charge is 2.11. The number of amides is 1. The van der Waals surface area contributed by atoms with Crippen LogP contribution >= 0.6 is 11.3 Å². The van der Waals surface area contributed by atoms with Gasteiger partial charge in [0.05, 0.1) is 0 Å². The van der Waals surface area contributed by atoms with E-state index >= 15 is 0 Å². The number of pyridine rings is 1. The lowest BCUT2D eigenvalue weighted by Gasteiger charge is -1.99. The highest BCUT2D eigenvalue weighted by Crippen LogP contribution is 2.19. The molecule has 20 heavy (non-hydrogen) atoms. The maximum absolute atomic E-state index is 11.8. The molecule has 3 N–H and O–H groups in total. The fraction of sp³-hybridized carbons (Fsp3) is 0. The van der Waals surface area contributed by atoms with Gasteiger partial charge in [-0.25, -0.2) is 9.78 Å². The number of nitrogens with one attached hydrogen (secondary N) is 2. The van der Waals surface area contributed by atoms with Gasteiger partial charge in [-0.1, -0.05) is 11.3 Å². The number of carboxylic acid groups (broad SMARTS) is 1. The number of aliphatic carboxylic acids is 1. The van der Waals surface area contributed by atoms with Gasteiger partial charge in [0.15, 0.2) is 10.6 Å². The maximum Gasteiger partial charge on any atom is 0.328 e. The highest BCUT2D eigenvalue weighted by atomic mass is 32.1. The number of carbonyl (C=O) groups excluding carboxylic acids is 1. The van der Waals surface area contributed by atoms with Gasteiger partial charge in [0.1, 0.15) is 5.56 Å². The summed E-state index contributed by atoms with van der Waals surface area (Å²) in [4.78, 5) is 40.8. The number of hydrogen-bond donors (Lipinski definition) is 3. The molecule has 0 fully saturated rings. The van der Waals surface area contributed by atoms with Crippen LogP contribution in [-0.4, -0.2) is 27.0 Å². The minimum atomic E-state index is -1.07. The number of aromatic nitrogens is 2. The van der Waals surface area contributed by atoms with Crippen LogP contribution in [-0.2, 0) is 4.79 Å². The Bertz CT molecular complexity index is 732. The third-order valence-electron chi connectivity index (χ3n) is 2.20. The molecule has 0 aliphatic rings. The molecule has 2 aromatic heterocycles. The predicted octanol–water partition coefficient (Wildman–Crippen LogP) is 1.18. The largest absolute Gasteiger partial charge is 0.478 e. The predicted molar refractivity (Wildman–Crippen MR) is 73.8 cm³/mol. The molecule has 8 heteroatoms. The van der Waals surface area contributed by atoms with Crippen LogP contribution < -0.4 is 10.7 Å². The van der Waals surface area contributed by atoms with Crippen molar-refractivity contribution >= 4 is 34.4 Å². The summed E-state index contributed by atoms with van der Waals surface area (Å²) >= 11 is 1.10. The standard InChI is InChI=1S/C12H9N3O4S/c16-9-3-4-13-6-8(9)11(19)15-12-14-5-7(20-12)1-2-10(17)18/h1-6H,(H,13,16)(H,17,18)(H,14,15,19)/b2-1+. The number of anilines is 1. The van der Waals surface area contributed by atoms with E-state index in [0.29, 0.717) is 4.88 Å². The van der Waals surface area contributed by atoms with Crippen LogP contribution in [0.1, 0.15) is 15.2 Å². The van der Waals surface area contributed by atoms with Gasteiger partial charge in [0.2, 0.25) is 0 Å². The quantitative estimate of drug-likeness (QED) is 0.732. The fourth-order valence-corrected chi connectivity index (χ4v) is 2.05. The Balaban J connectivity index is 2.11. The molecule has 0 aromatic carbocycles. The van der Waals surface area contributed by atoms with Crippen molar-refractivity contribution in [2.24, 2.45) is 0 Å². The smallest absolute Gasteiger partial charge is 0.328 e. The maximum atomic E-state index is 11.8. The first-order valence-electron chi connectivity index (χ1n) is 5.41. The van der Waals surface area contributed by atoms with Crippen molar-refractivity contribution in [3.05, 3.63) is 51.4 Å². The summed E-state index contributed by atoms with van der Waals surface area (Å²) in [5.74, 6) is -1.64. The number of aromatic amines is 1. The van der Waals surface area contributed by atoms with Crippen LogP contribution in [0.25, 0.3) is 6.08 Å². The molecule has 2 aromatic rings. The number of H-pyrrole nitrogens is 1. The summed E-state index contributed by atoms with van der Waals surface area (Å²) in [5, 5.41) is 11.3. The van der Waals surface area contributed by atoms with Crippen molar-refractivity contribution in [2.45, 2.75) is 0 Å². The molecule has 0 bridgehead atoms. The van der Waals surface area contributed by atoms with Crippen LogP contribution in [0.5, 0.6) is 0 Å². The number of hydrogen-bond acceptors (Lipinski definition) is 5. The highest BCUT2D eigenvalue weighted by molar-refractivity contribution is 7.16. The van der Waals surface area contributed by atoms with Gasteiger partial charge in [0.25, 0.3) is 5.91 Å². The molecule has 102 valence electrons. The van der Waals surface area contributed by atoms with E-state index in [9.17, 15) is 14.4 Å². The van der Waals surface area contributed by atoms with Gasteiger partial charge < -0.3 is 10.1 Å². The molecule has 0 aliphatic heterocycles. The molecule has 0 atom stereocenters. The van der Waals surface area contributed by atoms with E-state index in [1.54, 1.807) is 0 Å². The zero-order valence-electron chi connectivity index (χ0n) is 9.99. The third-order valence-corrected chi connectivity index (χ3v) is 3.08. The Hall–Kier alpha value is -2.74. The number of rotatable bonds is 4. The molecule has 0 saturated carbocycles. The van der Waals surface area contributed by atoms with E-state index in [2.05, 4.69) is 15.3 Å². The number of nitrogens with zero attached hydrogens (tertiary/aromatic N) is 1. The van der Waals surface area contributed by atoms with Crippen LogP contribution in [0.4, 0.5) is 5.13 Å². The summed E-state index contributed by atoms with van der Waals surface area (Å²) in [6, 6.07) is 1.25. The molecule has 0 spiro atoms. The van der Waals surface area contributed by atoms with Crippen molar-refractivity contribution in [3.63, 3.8) is 0 Å². The lowest BCUT2D eigenvalue weighted by molar-refractivity contribution is -0.131. The van der Waals surface area contributed by atoms with Crippen molar-refractivity contribution in [3.8, 4) is 0 Å². The molecule has 0 aliphatic carbocycles. The van der Waals surface area contributed by atoms with Crippen LogP contribution in [0, 0.1) is 0 Å². The van der Waals surface area contributed by atoms with Crippen molar-refractivity contribution < 1.29 is 14.7 Å². The number of carbonyl (C=O) groups is 2. The minimum absolute atomic E-state index is 0.0228. The van der Waals surface area contributed by atoms with Crippen LogP contribution in [0.3, 0.4) is 0 Å². The Kier molecular flexibility index (Phi) is 4.06. The summed E-state index contributed by atoms with van der Waals surface area (Å²) in [6.07, 6.45) is 6.49. The Morgan fingerprint density at radius 3 is 2.95 bits per heavy atom. The molecule has 7 nitrogen and oxygen atoms in total. The lowest BCUT2D eigenvalue weighted by Crippen LogP contribution is -2.20. The topological polar surface area (TPSA) is 112 Å². The first-order valence-corrected chi connectivity index (χ1v) is 6.23. The first kappa shape index (κ1) is 13.7. The van der Waals surface area contributed by atoms with Crippen molar-refractivity contribution in [1.29, 1.82) is 0 Å². The van der Waals surface area contributed by atoms with E-state index in [-0.39, 0.29) is 10.7 Å². The summed E-state index contributed by atoms with van der Waals surface area (Å²) in [5.41, 5.74) is -0.422. The van der Waals surface area contributed by atoms with E-state index in [1.165, 1.54) is 30.7 Å². The molecule has 0 saturated heterocycles. The average molecular weight is 291 g/mol. The summed E-state index contributed by atoms with van der Waals surface area (Å²) < 4.78 is 0. The van der Waals surface area contributed by atoms with Gasteiger partial charge in [-0.2, -0.15) is 0 Å². The number of thiazole rings is 1. The van der Waals surface area contributed by atoms with Crippen LogP contribution in [0.15, 0.2) is 35.5 Å². The lowest BCUT2D eigenvalue weighted by atomic mass is 10.2. The van der Waals surface area contributed by atoms with Crippen LogP contribution in [0.2, 0.25) is 0 Å². The van der Waals surface area contributed by atoms with E-state index < -0.39 is 17.3 Å². The van der Waals surface area contributed by atoms with Gasteiger partial charge >= 0.3 is 5.97 Å². The fourth-order valence-electron chi connectivity index (χ4n) is 1.33. The monoisotopic (exact) mass is 291 g/mol. The Morgan fingerprint density at radius 2 is 2.25 bits per heavy atom. The normalized spacial score (nSPS) is 10.6. The van der Waals surface area contributed by atoms with Crippen molar-refractivity contribution in [2.75, 3.05) is 5.32 Å². The molecule has 2 rings (SSSR count).